The van der Waals surface area contributed by atoms with E-state index in [1.807, 2.05) is 0 Å². The SMILES string of the molecule is [3H][B]SO[C@H]1C=C[C@@H](O)C1.[Ac]. The molecule has 0 spiro atoms. The molecule has 52 valence electrons. The maximum atomic E-state index is 8.97. The van der Waals surface area contributed by atoms with E-state index in [0.29, 0.717) is 6.42 Å². The Morgan fingerprint density at radius 3 is 3.10 bits per heavy atom. The van der Waals surface area contributed by atoms with E-state index in [1.165, 1.54) is 0 Å². The van der Waals surface area contributed by atoms with Gasteiger partial charge in [0.2, 0.25) is 7.09 Å². The van der Waals surface area contributed by atoms with Gasteiger partial charge in [0, 0.05) is 50.5 Å². The van der Waals surface area contributed by atoms with Crippen LogP contribution in [-0.4, -0.2) is 25.7 Å². The summed E-state index contributed by atoms with van der Waals surface area (Å²) >= 11 is 0.987. The van der Waals surface area contributed by atoms with E-state index in [1.54, 1.807) is 12.2 Å². The van der Waals surface area contributed by atoms with Crippen LogP contribution in [0.2, 0.25) is 0 Å². The van der Waals surface area contributed by atoms with E-state index in [0.717, 1.165) is 19.0 Å². The molecule has 2 atom stereocenters. The third-order valence-corrected chi connectivity index (χ3v) is 1.56. The minimum absolute atomic E-state index is 0. The van der Waals surface area contributed by atoms with Gasteiger partial charge < -0.3 is 9.29 Å². The number of rotatable bonds is 3. The minimum Gasteiger partial charge on any atom is -0.389 e. The fourth-order valence-corrected chi connectivity index (χ4v) is 1.08. The molecule has 1 aliphatic rings. The molecule has 0 aromatic rings. The molecule has 1 rings (SSSR count). The van der Waals surface area contributed by atoms with E-state index in [9.17, 15) is 0 Å². The van der Waals surface area contributed by atoms with Crippen molar-refractivity contribution in [3.8, 4) is 0 Å². The molecule has 0 aromatic carbocycles. The number of aliphatic hydroxyl groups is 1. The largest absolute Gasteiger partial charge is 0.389 e. The van der Waals surface area contributed by atoms with E-state index in [-0.39, 0.29) is 56.3 Å². The first kappa shape index (κ1) is 9.60. The summed E-state index contributed by atoms with van der Waals surface area (Å²) in [5.74, 6) is 0. The van der Waals surface area contributed by atoms with Gasteiger partial charge in [0.1, 0.15) is 0 Å². The van der Waals surface area contributed by atoms with Crippen LogP contribution in [0.4, 0.5) is 0 Å². The van der Waals surface area contributed by atoms with Crippen LogP contribution >= 0.6 is 11.9 Å². The average Bonchev–Trinajstić information content (AvgIpc) is 2.31. The van der Waals surface area contributed by atoms with E-state index in [2.05, 4.69) is 0 Å². The molecule has 10 heavy (non-hydrogen) atoms. The van der Waals surface area contributed by atoms with Crippen LogP contribution in [0.1, 0.15) is 6.42 Å². The summed E-state index contributed by atoms with van der Waals surface area (Å²) in [5, 5.41) is 8.97. The first-order chi connectivity index (χ1) is 4.83. The van der Waals surface area contributed by atoms with Gasteiger partial charge in [-0.05, 0) is 1.34 Å². The van der Waals surface area contributed by atoms with Gasteiger partial charge in [0.25, 0.3) is 0 Å². The predicted octanol–water partition coefficient (Wildman–Crippen LogP) is 0.156. The van der Waals surface area contributed by atoms with Crippen LogP contribution in [-0.2, 0) is 4.18 Å². The van der Waals surface area contributed by atoms with Gasteiger partial charge in [-0.3, -0.25) is 0 Å². The zero-order valence-electron chi connectivity index (χ0n) is 6.43. The smallest absolute Gasteiger partial charge is 0.209 e. The van der Waals surface area contributed by atoms with Crippen molar-refractivity contribution in [1.29, 1.82) is 1.34 Å². The maximum Gasteiger partial charge on any atom is 0.209 e. The van der Waals surface area contributed by atoms with E-state index >= 15 is 0 Å². The van der Waals surface area contributed by atoms with Crippen molar-refractivity contribution in [2.24, 2.45) is 0 Å². The molecule has 1 N–H and O–H groups in total. The van der Waals surface area contributed by atoms with Crippen molar-refractivity contribution in [1.82, 2.24) is 0 Å². The zero-order valence-corrected chi connectivity index (χ0v) is 11.0. The summed E-state index contributed by atoms with van der Waals surface area (Å²) < 4.78 is 11.7. The molecular weight excluding hydrogens is 362 g/mol. The first-order valence-electron chi connectivity index (χ1n) is 3.29. The second kappa shape index (κ2) is 6.08. The Hall–Kier alpha value is 1.52. The van der Waals surface area contributed by atoms with Gasteiger partial charge in [0.05, 0.1) is 12.2 Å². The normalized spacial score (nSPS) is 31.1. The predicted molar refractivity (Wildman–Crippen MR) is 39.4 cm³/mol. The monoisotopic (exact) mass is 372 g/mol. The number of hydrogen-bond acceptors (Lipinski definition) is 3. The molecule has 2 nitrogen and oxygen atoms in total. The molecule has 0 saturated heterocycles. The van der Waals surface area contributed by atoms with Crippen LogP contribution in [0.25, 0.3) is 0 Å². The van der Waals surface area contributed by atoms with Crippen molar-refractivity contribution in [3.05, 3.63) is 12.2 Å². The molecule has 0 aromatic heterocycles. The molecule has 0 heterocycles. The molecule has 0 unspecified atom stereocenters. The van der Waals surface area contributed by atoms with Gasteiger partial charge in [0.15, 0.2) is 0 Å². The molecule has 0 saturated carbocycles. The molecule has 0 fully saturated rings. The molecular formula is C5H8AcBO2S. The Kier molecular flexibility index (Phi) is 5.84. The van der Waals surface area contributed by atoms with Crippen LogP contribution < -0.4 is 0 Å². The summed E-state index contributed by atoms with van der Waals surface area (Å²) in [7, 11) is 1.12. The van der Waals surface area contributed by atoms with Crippen LogP contribution in [0, 0.1) is 44.1 Å². The molecule has 1 aliphatic carbocycles. The maximum absolute atomic E-state index is 8.97. The minimum atomic E-state index is -0.365. The molecule has 0 bridgehead atoms. The third kappa shape index (κ3) is 3.78. The standard InChI is InChI=1S/C5H8BO2S.Ac/c6-9-8-5-2-1-4(7)3-5;/h1-2,4-7H,3H2;/t4-,5+;/m1./s1/i6T;. The number of hydrogen-bond donors (Lipinski definition) is 1. The Labute approximate surface area is 103 Å². The summed E-state index contributed by atoms with van der Waals surface area (Å²) in [6, 6.07) is 0. The van der Waals surface area contributed by atoms with E-state index < -0.39 is 0 Å². The van der Waals surface area contributed by atoms with Gasteiger partial charge in [-0.2, -0.15) is 0 Å². The van der Waals surface area contributed by atoms with E-state index in [4.69, 9.17) is 10.6 Å². The van der Waals surface area contributed by atoms with Gasteiger partial charge in [-0.1, -0.05) is 24.0 Å². The second-order valence-corrected chi connectivity index (χ2v) is 2.30. The van der Waals surface area contributed by atoms with Gasteiger partial charge in [-0.15, -0.1) is 0 Å². The summed E-state index contributed by atoms with van der Waals surface area (Å²) in [4.78, 5) is 0. The summed E-state index contributed by atoms with van der Waals surface area (Å²) in [5.41, 5.74) is 0. The molecule has 0 amide bonds. The fraction of sp³-hybridized carbons (Fsp3) is 0.600. The third-order valence-electron chi connectivity index (χ3n) is 1.20. The molecule has 0 aliphatic heterocycles. The van der Waals surface area contributed by atoms with Crippen LogP contribution in [0.3, 0.4) is 0 Å². The fourth-order valence-electron chi connectivity index (χ4n) is 0.790. The van der Waals surface area contributed by atoms with Crippen molar-refractivity contribution in [2.45, 2.75) is 18.6 Å². The van der Waals surface area contributed by atoms with Gasteiger partial charge >= 0.3 is 0 Å². The molecule has 5 heteroatoms. The van der Waals surface area contributed by atoms with Crippen molar-refractivity contribution < 1.29 is 53.4 Å². The zero-order chi connectivity index (χ0) is 7.40. The summed E-state index contributed by atoms with van der Waals surface area (Å²) in [6.07, 6.45) is 3.73. The first-order valence-corrected chi connectivity index (χ1v) is 3.52. The summed E-state index contributed by atoms with van der Waals surface area (Å²) in [6.45, 7) is 0. The second-order valence-electron chi connectivity index (χ2n) is 1.92. The Bertz CT molecular complexity index is 138. The Balaban J connectivity index is 0.000001000. The molecule has 2 radical (unpaired) electrons. The Morgan fingerprint density at radius 2 is 2.60 bits per heavy atom. The quantitative estimate of drug-likeness (QED) is 0.435. The van der Waals surface area contributed by atoms with Crippen LogP contribution in [0.5, 0.6) is 0 Å². The topological polar surface area (TPSA) is 29.5 Å². The van der Waals surface area contributed by atoms with Crippen molar-refractivity contribution in [2.75, 3.05) is 0 Å². The number of aliphatic hydroxyl groups excluding tert-OH is 1. The average molecular weight is 372 g/mol. The van der Waals surface area contributed by atoms with Gasteiger partial charge in [-0.25, -0.2) is 0 Å². The van der Waals surface area contributed by atoms with Crippen LogP contribution in [0.15, 0.2) is 12.2 Å². The van der Waals surface area contributed by atoms with Crippen molar-refractivity contribution >= 4 is 19.0 Å². The van der Waals surface area contributed by atoms with Crippen molar-refractivity contribution in [3.63, 3.8) is 0 Å². The Morgan fingerprint density at radius 1 is 1.80 bits per heavy atom.